The number of nitrogens with zero attached hydrogens (tertiary/aromatic N) is 5. The van der Waals surface area contributed by atoms with Gasteiger partial charge in [0.1, 0.15) is 29.6 Å². The van der Waals surface area contributed by atoms with Gasteiger partial charge in [-0.2, -0.15) is 16.8 Å². The lowest BCUT2D eigenvalue weighted by molar-refractivity contribution is -0.197. The van der Waals surface area contributed by atoms with E-state index in [-0.39, 0.29) is 37.8 Å². The van der Waals surface area contributed by atoms with Crippen molar-refractivity contribution in [2.75, 3.05) is 29.5 Å². The van der Waals surface area contributed by atoms with Gasteiger partial charge in [0.25, 0.3) is 32.1 Å². The zero-order valence-corrected chi connectivity index (χ0v) is 37.6. The van der Waals surface area contributed by atoms with Crippen LogP contribution < -0.4 is 24.8 Å². The first kappa shape index (κ1) is 44.9. The molecule has 5 heterocycles. The summed E-state index contributed by atoms with van der Waals surface area (Å²) in [4.78, 5) is 48.5. The third kappa shape index (κ3) is 9.14. The van der Waals surface area contributed by atoms with Crippen molar-refractivity contribution in [3.8, 4) is 11.5 Å². The quantitative estimate of drug-likeness (QED) is 0.0682. The summed E-state index contributed by atoms with van der Waals surface area (Å²) in [7, 11) is -8.75. The van der Waals surface area contributed by atoms with Crippen LogP contribution in [-0.4, -0.2) is 94.0 Å². The summed E-state index contributed by atoms with van der Waals surface area (Å²) < 4.78 is 79.1. The van der Waals surface area contributed by atoms with E-state index in [2.05, 4.69) is 50.8 Å². The van der Waals surface area contributed by atoms with Gasteiger partial charge in [0.2, 0.25) is 5.36 Å². The molecule has 0 saturated carbocycles. The minimum absolute atomic E-state index is 0.0228. The molecule has 7 rings (SSSR count). The van der Waals surface area contributed by atoms with Crippen molar-refractivity contribution in [1.29, 1.82) is 0 Å². The van der Waals surface area contributed by atoms with Crippen LogP contribution >= 0.6 is 0 Å². The third-order valence-corrected chi connectivity index (χ3v) is 13.4. The number of benzene rings is 2. The highest BCUT2D eigenvalue weighted by Crippen LogP contribution is 2.47. The maximum atomic E-state index is 12.5. The molecule has 2 N–H and O–H groups in total. The van der Waals surface area contributed by atoms with Crippen molar-refractivity contribution in [3.05, 3.63) is 81.9 Å². The average Bonchev–Trinajstić information content (AvgIpc) is 3.76. The van der Waals surface area contributed by atoms with E-state index in [4.69, 9.17) is 14.6 Å². The van der Waals surface area contributed by atoms with E-state index in [1.54, 1.807) is 12.3 Å². The van der Waals surface area contributed by atoms with Crippen molar-refractivity contribution < 1.29 is 49.9 Å². The summed E-state index contributed by atoms with van der Waals surface area (Å²) in [5, 5.41) is 1.75. The number of imide groups is 1. The fourth-order valence-electron chi connectivity index (χ4n) is 9.20. The zero-order valence-electron chi connectivity index (χ0n) is 35.9. The molecule has 4 aliphatic heterocycles. The molecular formula is C44H54N5O11S2+. The summed E-state index contributed by atoms with van der Waals surface area (Å²) in [5.74, 6) is -1.17. The minimum atomic E-state index is -4.50. The Balaban J connectivity index is 1.36. The minimum Gasteiger partial charge on any atom is -0.456 e. The highest BCUT2D eigenvalue weighted by molar-refractivity contribution is 7.86. The van der Waals surface area contributed by atoms with Gasteiger partial charge in [0.05, 0.1) is 22.9 Å². The van der Waals surface area contributed by atoms with Crippen LogP contribution in [-0.2, 0) is 46.0 Å². The van der Waals surface area contributed by atoms with Crippen LogP contribution in [0.25, 0.3) is 16.7 Å². The maximum absolute atomic E-state index is 12.5. The molecule has 332 valence electrons. The van der Waals surface area contributed by atoms with Crippen LogP contribution in [0, 0.1) is 0 Å². The normalized spacial score (nSPS) is 17.8. The molecule has 0 bridgehead atoms. The van der Waals surface area contributed by atoms with Crippen LogP contribution in [0.15, 0.2) is 48.8 Å². The number of amides is 2. The van der Waals surface area contributed by atoms with Gasteiger partial charge in [-0.1, -0.05) is 19.4 Å². The van der Waals surface area contributed by atoms with Gasteiger partial charge in [0.15, 0.2) is 5.54 Å². The molecule has 1 aromatic heterocycles. The second kappa shape index (κ2) is 16.8. The number of rotatable bonds is 16. The summed E-state index contributed by atoms with van der Waals surface area (Å²) in [5.41, 5.74) is 4.49. The van der Waals surface area contributed by atoms with Crippen LogP contribution in [0.4, 0.5) is 5.69 Å². The van der Waals surface area contributed by atoms with Gasteiger partial charge in [-0.25, -0.2) is 14.4 Å². The van der Waals surface area contributed by atoms with Crippen molar-refractivity contribution in [2.45, 2.75) is 111 Å². The van der Waals surface area contributed by atoms with Gasteiger partial charge in [-0.15, -0.1) is 5.06 Å². The van der Waals surface area contributed by atoms with Crippen molar-refractivity contribution in [1.82, 2.24) is 19.2 Å². The molecule has 0 atom stereocenters. The first-order valence-corrected chi connectivity index (χ1v) is 24.2. The predicted octanol–water partition coefficient (Wildman–Crippen LogP) is 4.65. The van der Waals surface area contributed by atoms with Gasteiger partial charge < -0.3 is 19.0 Å². The number of carbonyl (C=O) groups is 3. The topological polar surface area (TPSA) is 206 Å². The number of fused-ring (bicyclic) bond motifs is 4. The van der Waals surface area contributed by atoms with Crippen LogP contribution in [0.1, 0.15) is 115 Å². The smallest absolute Gasteiger partial charge is 0.333 e. The number of likely N-dealkylation sites (N-methyl/N-ethyl adjacent to an activating group) is 1. The number of imidazole rings is 1. The fourth-order valence-corrected chi connectivity index (χ4v) is 10.3. The number of ether oxygens (including phenoxy) is 1. The Bertz CT molecular complexity index is 2770. The summed E-state index contributed by atoms with van der Waals surface area (Å²) in [6.45, 7) is 13.8. The molecule has 0 unspecified atom stereocenters. The highest BCUT2D eigenvalue weighted by atomic mass is 32.2. The lowest BCUT2D eigenvalue weighted by atomic mass is 9.84. The lowest BCUT2D eigenvalue weighted by Crippen LogP contribution is -2.50. The van der Waals surface area contributed by atoms with Crippen LogP contribution in [0.5, 0.6) is 11.5 Å². The third-order valence-electron chi connectivity index (χ3n) is 11.9. The van der Waals surface area contributed by atoms with Gasteiger partial charge in [0, 0.05) is 98.7 Å². The Morgan fingerprint density at radius 1 is 0.871 bits per heavy atom. The van der Waals surface area contributed by atoms with E-state index in [1.165, 1.54) is 5.57 Å². The van der Waals surface area contributed by atoms with E-state index in [0.29, 0.717) is 69.9 Å². The van der Waals surface area contributed by atoms with Gasteiger partial charge >= 0.3 is 5.97 Å². The fraction of sp³-hybridized carbons (Fsp3) is 0.477. The maximum Gasteiger partial charge on any atom is 0.333 e. The largest absolute Gasteiger partial charge is 0.456 e. The monoisotopic (exact) mass is 892 g/mol. The standard InChI is InChI=1S/C44H53N5O11S2/c1-7-28-25-43(3,4)47(8-2)34-23-36-32(21-30(28)34)41(42-45-16-19-46(42)17-11-9-10-13-40(52)60-49-38(50)14-15-39(49)51)33-22-31-29(27-62(56,57)58)26-44(5,6)48(18-12-20-61(53,54)55)35(31)24-37(33)59-36/h16,19,21-26H,7-15,17-18,20,27H2,1-6H3,(H-,53,54,55,56,57,58)/p+1. The van der Waals surface area contributed by atoms with E-state index < -0.39 is 55.1 Å². The Morgan fingerprint density at radius 2 is 1.60 bits per heavy atom. The number of carbonyl (C=O) groups excluding carboxylic acids is 3. The Labute approximate surface area is 361 Å². The SMILES string of the molecule is CCC1=CC(C)(C)N(CC)c2cc3c(cc21)C(c1nccn1CCCCCC(=O)ON1C(=O)CCC1=O)=c1cc2c(cc1O3)=[N+](CCCS(=O)(=O)O)C(C)(C)C=C2CS(=O)(=O)O. The molecule has 16 nitrogen and oxygen atoms in total. The Morgan fingerprint density at radius 3 is 2.26 bits per heavy atom. The number of unbranched alkanes of at least 4 members (excludes halogenated alkanes) is 2. The highest BCUT2D eigenvalue weighted by Gasteiger charge is 2.39. The second-order valence-corrected chi connectivity index (χ2v) is 20.3. The molecular weight excluding hydrogens is 839 g/mol. The molecule has 0 spiro atoms. The average molecular weight is 893 g/mol. The first-order chi connectivity index (χ1) is 29.1. The van der Waals surface area contributed by atoms with Crippen molar-refractivity contribution in [3.63, 3.8) is 0 Å². The number of anilines is 1. The van der Waals surface area contributed by atoms with Crippen molar-refractivity contribution >= 4 is 60.4 Å². The van der Waals surface area contributed by atoms with E-state index in [0.717, 1.165) is 35.4 Å². The van der Waals surface area contributed by atoms with Gasteiger partial charge in [-0.3, -0.25) is 18.7 Å². The van der Waals surface area contributed by atoms with Crippen LogP contribution in [0.3, 0.4) is 0 Å². The molecule has 4 aliphatic rings. The Kier molecular flexibility index (Phi) is 12.2. The molecule has 2 aromatic carbocycles. The molecule has 18 heteroatoms. The number of hydroxylamine groups is 2. The van der Waals surface area contributed by atoms with E-state index in [9.17, 15) is 40.3 Å². The predicted molar refractivity (Wildman–Crippen MR) is 233 cm³/mol. The summed E-state index contributed by atoms with van der Waals surface area (Å²) in [6.07, 6.45) is 10.3. The van der Waals surface area contributed by atoms with Crippen LogP contribution in [0.2, 0.25) is 0 Å². The van der Waals surface area contributed by atoms with E-state index in [1.807, 2.05) is 41.3 Å². The number of aromatic nitrogens is 2. The molecule has 1 saturated heterocycles. The van der Waals surface area contributed by atoms with Gasteiger partial charge in [-0.05, 0) is 69.4 Å². The second-order valence-electron chi connectivity index (χ2n) is 17.3. The van der Waals surface area contributed by atoms with E-state index >= 15 is 0 Å². The number of hydrogen-bond donors (Lipinski definition) is 2. The summed E-state index contributed by atoms with van der Waals surface area (Å²) in [6, 6.07) is 7.88. The Hall–Kier alpha value is -5.17. The summed E-state index contributed by atoms with van der Waals surface area (Å²) >= 11 is 0. The lowest BCUT2D eigenvalue weighted by Gasteiger charge is -2.43. The molecule has 1 fully saturated rings. The van der Waals surface area contributed by atoms with Crippen molar-refractivity contribution in [2.24, 2.45) is 0 Å². The first-order valence-electron chi connectivity index (χ1n) is 21.0. The molecule has 3 aromatic rings. The molecule has 2 amide bonds. The molecule has 0 aliphatic carbocycles. The molecule has 62 heavy (non-hydrogen) atoms. The number of aryl methyl sites for hydroxylation is 1. The molecule has 0 radical (unpaired) electrons. The number of allylic oxidation sites excluding steroid dienone is 1. The zero-order chi connectivity index (χ0) is 44.9. The number of hydrogen-bond acceptors (Lipinski definition) is 11.